The van der Waals surface area contributed by atoms with Crippen LogP contribution in [0.3, 0.4) is 0 Å². The molecule has 0 saturated heterocycles. The highest BCUT2D eigenvalue weighted by Crippen LogP contribution is 2.31. The fourth-order valence-corrected chi connectivity index (χ4v) is 1.34. The number of nitrogens with two attached hydrogens (primary N) is 1. The molecule has 0 atom stereocenters. The van der Waals surface area contributed by atoms with Crippen molar-refractivity contribution in [1.29, 1.82) is 0 Å². The molecule has 0 bridgehead atoms. The zero-order valence-corrected chi connectivity index (χ0v) is 9.77. The Morgan fingerprint density at radius 2 is 2.06 bits per heavy atom. The third-order valence-electron chi connectivity index (χ3n) is 2.00. The third-order valence-corrected chi connectivity index (χ3v) is 2.20. The first-order valence-electron chi connectivity index (χ1n) is 4.98. The second-order valence-electron chi connectivity index (χ2n) is 3.44. The lowest BCUT2D eigenvalue weighted by Gasteiger charge is -2.09. The molecule has 0 amide bonds. The summed E-state index contributed by atoms with van der Waals surface area (Å²) in [7, 11) is 0. The largest absolute Gasteiger partial charge is 0.494 e. The average molecular weight is 263 g/mol. The Labute approximate surface area is 103 Å². The van der Waals surface area contributed by atoms with Gasteiger partial charge >= 0.3 is 6.18 Å². The zero-order valence-electron chi connectivity index (χ0n) is 8.96. The molecule has 0 aromatic heterocycles. The number of rotatable bonds is 5. The van der Waals surface area contributed by atoms with Crippen molar-refractivity contribution in [3.05, 3.63) is 29.8 Å². The van der Waals surface area contributed by atoms with E-state index in [0.29, 0.717) is 24.4 Å². The van der Waals surface area contributed by atoms with E-state index < -0.39 is 11.7 Å². The van der Waals surface area contributed by atoms with Gasteiger partial charge in [-0.3, -0.25) is 0 Å². The molecular formula is C11H12F3NOS. The molecule has 0 fully saturated rings. The molecule has 0 aliphatic heterocycles. The summed E-state index contributed by atoms with van der Waals surface area (Å²) in [5.41, 5.74) is 4.56. The average Bonchev–Trinajstić information content (AvgIpc) is 2.23. The van der Waals surface area contributed by atoms with Gasteiger partial charge in [0.15, 0.2) is 0 Å². The predicted molar refractivity (Wildman–Crippen MR) is 63.0 cm³/mol. The molecule has 0 spiro atoms. The van der Waals surface area contributed by atoms with Gasteiger partial charge in [-0.05, 0) is 24.6 Å². The number of hydrogen-bond donors (Lipinski definition) is 1. The molecule has 0 heterocycles. The highest BCUT2D eigenvalue weighted by atomic mass is 32.1. The minimum absolute atomic E-state index is 0.197. The Morgan fingerprint density at radius 3 is 2.65 bits per heavy atom. The van der Waals surface area contributed by atoms with Crippen LogP contribution in [0.15, 0.2) is 24.3 Å². The van der Waals surface area contributed by atoms with Gasteiger partial charge in [0, 0.05) is 6.42 Å². The monoisotopic (exact) mass is 263 g/mol. The SMILES string of the molecule is NC(=S)CCCOc1cccc(C(F)(F)F)c1. The van der Waals surface area contributed by atoms with Crippen molar-refractivity contribution < 1.29 is 17.9 Å². The number of thiocarbonyl (C=S) groups is 1. The first kappa shape index (κ1) is 13.8. The summed E-state index contributed by atoms with van der Waals surface area (Å²) < 4.78 is 42.3. The molecule has 0 radical (unpaired) electrons. The van der Waals surface area contributed by atoms with E-state index in [9.17, 15) is 13.2 Å². The van der Waals surface area contributed by atoms with Crippen LogP contribution < -0.4 is 10.5 Å². The summed E-state index contributed by atoms with van der Waals surface area (Å²) in [5, 5.41) is 0. The smallest absolute Gasteiger partial charge is 0.416 e. The molecule has 0 aliphatic rings. The Balaban J connectivity index is 2.52. The van der Waals surface area contributed by atoms with E-state index in [1.165, 1.54) is 12.1 Å². The lowest BCUT2D eigenvalue weighted by Crippen LogP contribution is -2.10. The maximum atomic E-state index is 12.4. The zero-order chi connectivity index (χ0) is 12.9. The quantitative estimate of drug-likeness (QED) is 0.654. The van der Waals surface area contributed by atoms with Crippen molar-refractivity contribution >= 4 is 17.2 Å². The van der Waals surface area contributed by atoms with Crippen LogP contribution in [0.2, 0.25) is 0 Å². The van der Waals surface area contributed by atoms with Crippen LogP contribution in [0, 0.1) is 0 Å². The second kappa shape index (κ2) is 5.86. The van der Waals surface area contributed by atoms with Crippen LogP contribution in [-0.4, -0.2) is 11.6 Å². The first-order valence-corrected chi connectivity index (χ1v) is 5.39. The van der Waals surface area contributed by atoms with E-state index in [4.69, 9.17) is 10.5 Å². The number of benzene rings is 1. The Kier molecular flexibility index (Phi) is 4.74. The Bertz CT molecular complexity index is 393. The van der Waals surface area contributed by atoms with E-state index in [0.717, 1.165) is 12.1 Å². The van der Waals surface area contributed by atoms with Crippen molar-refractivity contribution in [2.75, 3.05) is 6.61 Å². The highest BCUT2D eigenvalue weighted by Gasteiger charge is 2.30. The molecule has 2 N–H and O–H groups in total. The van der Waals surface area contributed by atoms with Crippen LogP contribution >= 0.6 is 12.2 Å². The van der Waals surface area contributed by atoms with Crippen LogP contribution in [-0.2, 0) is 6.18 Å². The van der Waals surface area contributed by atoms with Crippen molar-refractivity contribution in [2.45, 2.75) is 19.0 Å². The summed E-state index contributed by atoms with van der Waals surface area (Å²) in [6, 6.07) is 4.77. The molecule has 0 saturated carbocycles. The maximum Gasteiger partial charge on any atom is 0.416 e. The molecule has 0 aliphatic carbocycles. The Hall–Kier alpha value is -1.30. The summed E-state index contributed by atoms with van der Waals surface area (Å²) in [6.07, 6.45) is -3.24. The minimum Gasteiger partial charge on any atom is -0.494 e. The predicted octanol–water partition coefficient (Wildman–Crippen LogP) is 3.15. The lowest BCUT2D eigenvalue weighted by atomic mass is 10.2. The molecule has 1 rings (SSSR count). The number of hydrogen-bond acceptors (Lipinski definition) is 2. The van der Waals surface area contributed by atoms with Gasteiger partial charge in [-0.15, -0.1) is 0 Å². The molecule has 94 valence electrons. The van der Waals surface area contributed by atoms with Gasteiger partial charge in [0.2, 0.25) is 0 Å². The fraction of sp³-hybridized carbons (Fsp3) is 0.364. The van der Waals surface area contributed by atoms with Crippen molar-refractivity contribution in [3.8, 4) is 5.75 Å². The van der Waals surface area contributed by atoms with Gasteiger partial charge in [-0.25, -0.2) is 0 Å². The lowest BCUT2D eigenvalue weighted by molar-refractivity contribution is -0.137. The fourth-order valence-electron chi connectivity index (χ4n) is 1.20. The van der Waals surface area contributed by atoms with E-state index >= 15 is 0 Å². The van der Waals surface area contributed by atoms with Gasteiger partial charge in [0.05, 0.1) is 17.2 Å². The van der Waals surface area contributed by atoms with Crippen LogP contribution in [0.25, 0.3) is 0 Å². The molecule has 1 aromatic rings. The molecule has 1 aromatic carbocycles. The first-order chi connectivity index (χ1) is 7.89. The van der Waals surface area contributed by atoms with Crippen LogP contribution in [0.4, 0.5) is 13.2 Å². The summed E-state index contributed by atoms with van der Waals surface area (Å²) in [6.45, 7) is 0.290. The van der Waals surface area contributed by atoms with Crippen LogP contribution in [0.5, 0.6) is 5.75 Å². The molecular weight excluding hydrogens is 251 g/mol. The van der Waals surface area contributed by atoms with Crippen molar-refractivity contribution in [3.63, 3.8) is 0 Å². The minimum atomic E-state index is -4.35. The van der Waals surface area contributed by atoms with Crippen LogP contribution in [0.1, 0.15) is 18.4 Å². The Morgan fingerprint density at radius 1 is 1.35 bits per heavy atom. The van der Waals surface area contributed by atoms with Gasteiger partial charge < -0.3 is 10.5 Å². The molecule has 0 unspecified atom stereocenters. The van der Waals surface area contributed by atoms with E-state index in [2.05, 4.69) is 12.2 Å². The maximum absolute atomic E-state index is 12.4. The van der Waals surface area contributed by atoms with E-state index in [1.807, 2.05) is 0 Å². The second-order valence-corrected chi connectivity index (χ2v) is 3.97. The summed E-state index contributed by atoms with van der Waals surface area (Å²) in [5.74, 6) is 0.197. The third kappa shape index (κ3) is 5.04. The van der Waals surface area contributed by atoms with Gasteiger partial charge in [0.1, 0.15) is 5.75 Å². The topological polar surface area (TPSA) is 35.2 Å². The van der Waals surface area contributed by atoms with Gasteiger partial charge in [0.25, 0.3) is 0 Å². The molecule has 6 heteroatoms. The normalized spacial score (nSPS) is 11.2. The number of alkyl halides is 3. The summed E-state index contributed by atoms with van der Waals surface area (Å²) in [4.78, 5) is 0.373. The number of ether oxygens (including phenoxy) is 1. The number of halogens is 3. The van der Waals surface area contributed by atoms with E-state index in [-0.39, 0.29) is 5.75 Å². The standard InChI is InChI=1S/C11H12F3NOS/c12-11(13,14)8-3-1-4-9(7-8)16-6-2-5-10(15)17/h1,3-4,7H,2,5-6H2,(H2,15,17). The van der Waals surface area contributed by atoms with Crippen molar-refractivity contribution in [1.82, 2.24) is 0 Å². The van der Waals surface area contributed by atoms with Gasteiger partial charge in [-0.2, -0.15) is 13.2 Å². The molecule has 2 nitrogen and oxygen atoms in total. The van der Waals surface area contributed by atoms with Crippen molar-refractivity contribution in [2.24, 2.45) is 5.73 Å². The highest BCUT2D eigenvalue weighted by molar-refractivity contribution is 7.80. The summed E-state index contributed by atoms with van der Waals surface area (Å²) >= 11 is 4.67. The van der Waals surface area contributed by atoms with Gasteiger partial charge in [-0.1, -0.05) is 18.3 Å². The van der Waals surface area contributed by atoms with E-state index in [1.54, 1.807) is 0 Å². The molecule has 17 heavy (non-hydrogen) atoms.